The van der Waals surface area contributed by atoms with Gasteiger partial charge in [-0.2, -0.15) is 5.01 Å². The van der Waals surface area contributed by atoms with Crippen LogP contribution in [0.25, 0.3) is 0 Å². The number of benzene rings is 1. The molecule has 0 radical (unpaired) electrons. The number of hydrogen-bond donors (Lipinski definition) is 1. The molecule has 0 aromatic heterocycles. The summed E-state index contributed by atoms with van der Waals surface area (Å²) in [6.45, 7) is 0. The minimum atomic E-state index is -0.467. The molecule has 0 spiro atoms. The van der Waals surface area contributed by atoms with E-state index in [9.17, 15) is 14.4 Å². The molecule has 1 N–H and O–H groups in total. The molecule has 3 amide bonds. The van der Waals surface area contributed by atoms with E-state index in [0.29, 0.717) is 22.4 Å². The summed E-state index contributed by atoms with van der Waals surface area (Å²) in [6.07, 6.45) is 3.01. The summed E-state index contributed by atoms with van der Waals surface area (Å²) in [5, 5.41) is 1.47. The Morgan fingerprint density at radius 2 is 1.59 bits per heavy atom. The number of nitrogens with zero attached hydrogens (tertiary/aromatic N) is 1. The highest BCUT2D eigenvalue weighted by Gasteiger charge is 2.61. The van der Waals surface area contributed by atoms with Crippen LogP contribution >= 0.6 is 11.6 Å². The Morgan fingerprint density at radius 1 is 1.05 bits per heavy atom. The van der Waals surface area contributed by atoms with Gasteiger partial charge >= 0.3 is 0 Å². The van der Waals surface area contributed by atoms with E-state index >= 15 is 0 Å². The average molecular weight is 319 g/mol. The van der Waals surface area contributed by atoms with Crippen molar-refractivity contribution in [3.8, 4) is 0 Å². The number of imide groups is 1. The molecule has 1 saturated heterocycles. The number of nitrogens with one attached hydrogen (secondary N) is 1. The highest BCUT2D eigenvalue weighted by Crippen LogP contribution is 2.55. The molecule has 1 aliphatic heterocycles. The third-order valence-electron chi connectivity index (χ3n) is 5.25. The number of carbonyl (C=O) groups is 3. The SMILES string of the molecule is O=C(NN1C(=O)[C@H]2[C@@H]3CC[C@@H](C3)[C@@H]2C1=O)c1ccc(Cl)cc1. The van der Waals surface area contributed by atoms with Gasteiger partial charge in [0.25, 0.3) is 17.7 Å². The molecule has 114 valence electrons. The van der Waals surface area contributed by atoms with Crippen molar-refractivity contribution >= 4 is 29.3 Å². The van der Waals surface area contributed by atoms with Gasteiger partial charge in [0, 0.05) is 10.6 Å². The zero-order chi connectivity index (χ0) is 15.4. The number of hydrazine groups is 1. The molecule has 1 aromatic carbocycles. The monoisotopic (exact) mass is 318 g/mol. The second-order valence-electron chi connectivity index (χ2n) is 6.34. The molecule has 1 heterocycles. The highest BCUT2D eigenvalue weighted by molar-refractivity contribution is 6.30. The van der Waals surface area contributed by atoms with Crippen LogP contribution in [0.3, 0.4) is 0 Å². The quantitative estimate of drug-likeness (QED) is 0.848. The largest absolute Gasteiger partial charge is 0.272 e. The number of fused-ring (bicyclic) bond motifs is 5. The van der Waals surface area contributed by atoms with Gasteiger partial charge in [-0.05, 0) is 55.4 Å². The Balaban J connectivity index is 1.54. The van der Waals surface area contributed by atoms with Crippen LogP contribution in [-0.2, 0) is 9.59 Å². The molecule has 1 aromatic rings. The lowest BCUT2D eigenvalue weighted by atomic mass is 9.81. The van der Waals surface area contributed by atoms with E-state index < -0.39 is 5.91 Å². The lowest BCUT2D eigenvalue weighted by Gasteiger charge is -2.19. The summed E-state index contributed by atoms with van der Waals surface area (Å²) in [7, 11) is 0. The van der Waals surface area contributed by atoms with Crippen molar-refractivity contribution in [1.29, 1.82) is 0 Å². The minimum absolute atomic E-state index is 0.225. The van der Waals surface area contributed by atoms with Crippen LogP contribution in [0.4, 0.5) is 0 Å². The van der Waals surface area contributed by atoms with Crippen molar-refractivity contribution < 1.29 is 14.4 Å². The number of carbonyl (C=O) groups excluding carboxylic acids is 3. The predicted molar refractivity (Wildman–Crippen MR) is 78.6 cm³/mol. The molecule has 2 aliphatic carbocycles. The molecule has 2 saturated carbocycles. The Bertz CT molecular complexity index is 644. The first kappa shape index (κ1) is 13.8. The van der Waals surface area contributed by atoms with Crippen molar-refractivity contribution in [1.82, 2.24) is 10.4 Å². The fourth-order valence-corrected chi connectivity index (χ4v) is 4.41. The Hall–Kier alpha value is -1.88. The molecule has 4 rings (SSSR count). The molecule has 0 unspecified atom stereocenters. The van der Waals surface area contributed by atoms with Gasteiger partial charge in [0.05, 0.1) is 11.8 Å². The fourth-order valence-electron chi connectivity index (χ4n) is 4.29. The first-order chi connectivity index (χ1) is 10.6. The van der Waals surface area contributed by atoms with Gasteiger partial charge in [-0.1, -0.05) is 11.6 Å². The van der Waals surface area contributed by atoms with E-state index in [1.807, 2.05) is 0 Å². The third-order valence-corrected chi connectivity index (χ3v) is 5.50. The Morgan fingerprint density at radius 3 is 2.14 bits per heavy atom. The molecular formula is C16H15ClN2O3. The standard InChI is InChI=1S/C16H15ClN2O3/c17-11-5-3-8(4-6-11)14(20)18-19-15(21)12-9-1-2-10(7-9)13(12)16(19)22/h3-6,9-10,12-13H,1-2,7H2,(H,18,20)/t9-,10+,12-,13-/m0/s1. The average Bonchev–Trinajstić information content (AvgIpc) is 3.17. The van der Waals surface area contributed by atoms with E-state index in [1.165, 1.54) is 0 Å². The van der Waals surface area contributed by atoms with Crippen LogP contribution in [0.15, 0.2) is 24.3 Å². The summed E-state index contributed by atoms with van der Waals surface area (Å²) in [6, 6.07) is 6.32. The molecular weight excluding hydrogens is 304 g/mol. The molecule has 5 nitrogen and oxygen atoms in total. The van der Waals surface area contributed by atoms with Crippen LogP contribution < -0.4 is 5.43 Å². The van der Waals surface area contributed by atoms with Gasteiger partial charge < -0.3 is 0 Å². The van der Waals surface area contributed by atoms with Crippen molar-refractivity contribution in [3.05, 3.63) is 34.9 Å². The summed E-state index contributed by atoms with van der Waals surface area (Å²) in [4.78, 5) is 37.2. The van der Waals surface area contributed by atoms with Gasteiger partial charge in [-0.25, -0.2) is 0 Å². The summed E-state index contributed by atoms with van der Waals surface area (Å²) in [5.41, 5.74) is 2.83. The van der Waals surface area contributed by atoms with Gasteiger partial charge in [-0.15, -0.1) is 0 Å². The zero-order valence-electron chi connectivity index (χ0n) is 11.8. The second-order valence-corrected chi connectivity index (χ2v) is 6.78. The molecule has 22 heavy (non-hydrogen) atoms. The molecule has 3 aliphatic rings. The van der Waals surface area contributed by atoms with Crippen molar-refractivity contribution in [2.45, 2.75) is 19.3 Å². The first-order valence-electron chi connectivity index (χ1n) is 7.50. The number of rotatable bonds is 2. The summed E-state index contributed by atoms with van der Waals surface area (Å²) in [5.74, 6) is -0.791. The molecule has 6 heteroatoms. The van der Waals surface area contributed by atoms with Crippen LogP contribution in [0.5, 0.6) is 0 Å². The smallest absolute Gasteiger partial charge is 0.270 e. The van der Waals surface area contributed by atoms with E-state index in [-0.39, 0.29) is 23.7 Å². The first-order valence-corrected chi connectivity index (χ1v) is 7.88. The maximum atomic E-state index is 12.5. The van der Waals surface area contributed by atoms with Gasteiger partial charge in [0.2, 0.25) is 0 Å². The topological polar surface area (TPSA) is 66.5 Å². The van der Waals surface area contributed by atoms with Gasteiger partial charge in [-0.3, -0.25) is 19.8 Å². The Kier molecular flexibility index (Phi) is 3.01. The molecule has 3 fully saturated rings. The van der Waals surface area contributed by atoms with E-state index in [0.717, 1.165) is 24.3 Å². The van der Waals surface area contributed by atoms with Crippen molar-refractivity contribution in [2.24, 2.45) is 23.7 Å². The maximum Gasteiger partial charge on any atom is 0.270 e. The molecule has 4 atom stereocenters. The highest BCUT2D eigenvalue weighted by atomic mass is 35.5. The molecule has 2 bridgehead atoms. The number of hydrogen-bond acceptors (Lipinski definition) is 3. The van der Waals surface area contributed by atoms with Crippen LogP contribution in [0.2, 0.25) is 5.02 Å². The normalized spacial score (nSPS) is 32.5. The minimum Gasteiger partial charge on any atom is -0.272 e. The van der Waals surface area contributed by atoms with E-state index in [1.54, 1.807) is 24.3 Å². The van der Waals surface area contributed by atoms with E-state index in [4.69, 9.17) is 11.6 Å². The van der Waals surface area contributed by atoms with Crippen LogP contribution in [-0.4, -0.2) is 22.7 Å². The summed E-state index contributed by atoms with van der Waals surface area (Å²) < 4.78 is 0. The van der Waals surface area contributed by atoms with Crippen molar-refractivity contribution in [3.63, 3.8) is 0 Å². The van der Waals surface area contributed by atoms with E-state index in [2.05, 4.69) is 5.43 Å². The summed E-state index contributed by atoms with van der Waals surface area (Å²) >= 11 is 5.79. The predicted octanol–water partition coefficient (Wildman–Crippen LogP) is 2.02. The van der Waals surface area contributed by atoms with Gasteiger partial charge in [0.15, 0.2) is 0 Å². The Labute approximate surface area is 132 Å². The van der Waals surface area contributed by atoms with Crippen LogP contribution in [0.1, 0.15) is 29.6 Å². The lowest BCUT2D eigenvalue weighted by Crippen LogP contribution is -2.47. The number of amides is 3. The number of halogens is 1. The second kappa shape index (κ2) is 4.81. The lowest BCUT2D eigenvalue weighted by molar-refractivity contribution is -0.143. The van der Waals surface area contributed by atoms with Crippen LogP contribution in [0, 0.1) is 23.7 Å². The zero-order valence-corrected chi connectivity index (χ0v) is 12.5. The maximum absolute atomic E-state index is 12.5. The third kappa shape index (κ3) is 1.88. The fraction of sp³-hybridized carbons (Fsp3) is 0.438. The van der Waals surface area contributed by atoms with Gasteiger partial charge in [0.1, 0.15) is 0 Å². The van der Waals surface area contributed by atoms with Crippen molar-refractivity contribution in [2.75, 3.05) is 0 Å².